The van der Waals surface area contributed by atoms with Crippen molar-refractivity contribution in [3.05, 3.63) is 29.8 Å². The van der Waals surface area contributed by atoms with Crippen molar-refractivity contribution in [2.45, 2.75) is 39.8 Å². The zero-order valence-electron chi connectivity index (χ0n) is 14.4. The van der Waals surface area contributed by atoms with E-state index in [2.05, 4.69) is 26.1 Å². The third kappa shape index (κ3) is 4.37. The molecule has 1 aromatic rings. The van der Waals surface area contributed by atoms with Crippen LogP contribution >= 0.6 is 0 Å². The zero-order valence-corrected chi connectivity index (χ0v) is 14.4. The van der Waals surface area contributed by atoms with Gasteiger partial charge in [0.1, 0.15) is 5.75 Å². The minimum Gasteiger partial charge on any atom is -0.496 e. The average Bonchev–Trinajstić information content (AvgIpc) is 2.49. The molecule has 2 unspecified atom stereocenters. The largest absolute Gasteiger partial charge is 0.496 e. The van der Waals surface area contributed by atoms with Gasteiger partial charge in [0, 0.05) is 12.6 Å². The maximum atomic E-state index is 12.4. The lowest BCUT2D eigenvalue weighted by Crippen LogP contribution is -2.47. The molecule has 2 N–H and O–H groups in total. The summed E-state index contributed by atoms with van der Waals surface area (Å²) in [6, 6.07) is 7.03. The van der Waals surface area contributed by atoms with Crippen LogP contribution in [0.4, 0.5) is 4.79 Å². The summed E-state index contributed by atoms with van der Waals surface area (Å²) in [5, 5.41) is 12.3. The summed E-state index contributed by atoms with van der Waals surface area (Å²) >= 11 is 0. The highest BCUT2D eigenvalue weighted by Crippen LogP contribution is 2.37. The van der Waals surface area contributed by atoms with Gasteiger partial charge in [-0.15, -0.1) is 0 Å². The SMILES string of the molecule is COc1ccccc1C(NC(=O)N(C)C(C)CO)C(C)(C)C. The molecule has 0 heterocycles. The minimum absolute atomic E-state index is 0.0707. The number of ether oxygens (including phenoxy) is 1. The molecule has 0 aliphatic heterocycles. The molecule has 1 aromatic carbocycles. The first-order valence-corrected chi connectivity index (χ1v) is 7.49. The number of nitrogens with one attached hydrogen (secondary N) is 1. The fourth-order valence-corrected chi connectivity index (χ4v) is 2.21. The van der Waals surface area contributed by atoms with E-state index in [1.165, 1.54) is 4.90 Å². The topological polar surface area (TPSA) is 61.8 Å². The van der Waals surface area contributed by atoms with Crippen molar-refractivity contribution < 1.29 is 14.6 Å². The lowest BCUT2D eigenvalue weighted by molar-refractivity contribution is 0.147. The van der Waals surface area contributed by atoms with Gasteiger partial charge in [0.15, 0.2) is 0 Å². The first-order chi connectivity index (χ1) is 10.2. The van der Waals surface area contributed by atoms with Crippen molar-refractivity contribution in [1.82, 2.24) is 10.2 Å². The molecule has 0 radical (unpaired) electrons. The van der Waals surface area contributed by atoms with E-state index in [9.17, 15) is 9.90 Å². The summed E-state index contributed by atoms with van der Waals surface area (Å²) in [6.45, 7) is 7.94. The molecule has 0 aliphatic rings. The Bertz CT molecular complexity index is 497. The number of amides is 2. The number of rotatable bonds is 5. The maximum absolute atomic E-state index is 12.4. The third-order valence-corrected chi connectivity index (χ3v) is 3.83. The number of para-hydroxylation sites is 1. The fourth-order valence-electron chi connectivity index (χ4n) is 2.21. The Labute approximate surface area is 133 Å². The minimum atomic E-state index is -0.238. The molecule has 5 nitrogen and oxygen atoms in total. The van der Waals surface area contributed by atoms with Gasteiger partial charge in [-0.1, -0.05) is 39.0 Å². The van der Waals surface area contributed by atoms with Gasteiger partial charge < -0.3 is 20.1 Å². The Morgan fingerprint density at radius 3 is 2.45 bits per heavy atom. The van der Waals surface area contributed by atoms with E-state index in [1.807, 2.05) is 24.3 Å². The molecule has 0 saturated carbocycles. The number of benzene rings is 1. The van der Waals surface area contributed by atoms with E-state index in [0.29, 0.717) is 0 Å². The van der Waals surface area contributed by atoms with Gasteiger partial charge in [0.2, 0.25) is 0 Å². The van der Waals surface area contributed by atoms with Gasteiger partial charge >= 0.3 is 6.03 Å². The molecule has 2 atom stereocenters. The number of nitrogens with zero attached hydrogens (tertiary/aromatic N) is 1. The number of carbonyl (C=O) groups is 1. The van der Waals surface area contributed by atoms with Crippen LogP contribution in [0.5, 0.6) is 5.75 Å². The lowest BCUT2D eigenvalue weighted by Gasteiger charge is -2.35. The summed E-state index contributed by atoms with van der Waals surface area (Å²) < 4.78 is 5.43. The van der Waals surface area contributed by atoms with Gasteiger partial charge in [-0.05, 0) is 18.4 Å². The van der Waals surface area contributed by atoms with Crippen molar-refractivity contribution in [3.63, 3.8) is 0 Å². The van der Waals surface area contributed by atoms with Crippen LogP contribution in [-0.4, -0.2) is 42.8 Å². The van der Waals surface area contributed by atoms with Crippen LogP contribution in [0.2, 0.25) is 0 Å². The predicted molar refractivity (Wildman–Crippen MR) is 88.0 cm³/mol. The van der Waals surface area contributed by atoms with Crippen LogP contribution in [0.1, 0.15) is 39.3 Å². The van der Waals surface area contributed by atoms with Crippen LogP contribution < -0.4 is 10.1 Å². The molecule has 0 bridgehead atoms. The quantitative estimate of drug-likeness (QED) is 0.879. The smallest absolute Gasteiger partial charge is 0.317 e. The Hall–Kier alpha value is -1.75. The summed E-state index contributed by atoms with van der Waals surface area (Å²) in [6.07, 6.45) is 0. The highest BCUT2D eigenvalue weighted by atomic mass is 16.5. The van der Waals surface area contributed by atoms with E-state index in [1.54, 1.807) is 21.1 Å². The van der Waals surface area contributed by atoms with E-state index < -0.39 is 0 Å². The van der Waals surface area contributed by atoms with Gasteiger partial charge in [-0.2, -0.15) is 0 Å². The number of methoxy groups -OCH3 is 1. The van der Waals surface area contributed by atoms with Crippen LogP contribution in [0.3, 0.4) is 0 Å². The average molecular weight is 308 g/mol. The Balaban J connectivity index is 3.08. The second-order valence-corrected chi connectivity index (χ2v) is 6.63. The number of carbonyl (C=O) groups excluding carboxylic acids is 1. The van der Waals surface area contributed by atoms with Gasteiger partial charge in [0.25, 0.3) is 0 Å². The highest BCUT2D eigenvalue weighted by molar-refractivity contribution is 5.75. The maximum Gasteiger partial charge on any atom is 0.317 e. The van der Waals surface area contributed by atoms with E-state index in [0.717, 1.165) is 11.3 Å². The number of hydrogen-bond acceptors (Lipinski definition) is 3. The van der Waals surface area contributed by atoms with Crippen LogP contribution in [-0.2, 0) is 0 Å². The molecule has 22 heavy (non-hydrogen) atoms. The molecule has 0 fully saturated rings. The van der Waals surface area contributed by atoms with Crippen LogP contribution in [0.15, 0.2) is 24.3 Å². The number of urea groups is 1. The Morgan fingerprint density at radius 2 is 1.95 bits per heavy atom. The standard InChI is InChI=1S/C17H28N2O3/c1-12(11-20)19(5)16(21)18-15(17(2,3)4)13-9-7-8-10-14(13)22-6/h7-10,12,15,20H,11H2,1-6H3,(H,18,21). The second kappa shape index (κ2) is 7.49. The first-order valence-electron chi connectivity index (χ1n) is 7.49. The molecule has 2 amide bonds. The fraction of sp³-hybridized carbons (Fsp3) is 0.588. The van der Waals surface area contributed by atoms with Crippen molar-refractivity contribution in [2.75, 3.05) is 20.8 Å². The molecule has 5 heteroatoms. The number of likely N-dealkylation sites (N-methyl/N-ethyl adjacent to an activating group) is 1. The predicted octanol–water partition coefficient (Wildman–Crippen LogP) is 2.80. The van der Waals surface area contributed by atoms with Crippen LogP contribution in [0, 0.1) is 5.41 Å². The molecular weight excluding hydrogens is 280 g/mol. The monoisotopic (exact) mass is 308 g/mol. The summed E-state index contributed by atoms with van der Waals surface area (Å²) in [4.78, 5) is 13.9. The molecule has 124 valence electrons. The van der Waals surface area contributed by atoms with Crippen molar-refractivity contribution in [2.24, 2.45) is 5.41 Å². The summed E-state index contributed by atoms with van der Waals surface area (Å²) in [5.74, 6) is 0.751. The number of hydrogen-bond donors (Lipinski definition) is 2. The molecular formula is C17H28N2O3. The number of aliphatic hydroxyl groups excluding tert-OH is 1. The first kappa shape index (κ1) is 18.3. The molecule has 1 rings (SSSR count). The van der Waals surface area contributed by atoms with Crippen molar-refractivity contribution in [3.8, 4) is 5.75 Å². The number of aliphatic hydroxyl groups is 1. The van der Waals surface area contributed by atoms with Crippen molar-refractivity contribution >= 4 is 6.03 Å². The van der Waals surface area contributed by atoms with E-state index >= 15 is 0 Å². The second-order valence-electron chi connectivity index (χ2n) is 6.63. The molecule has 0 aromatic heterocycles. The highest BCUT2D eigenvalue weighted by Gasteiger charge is 2.31. The Kier molecular flexibility index (Phi) is 6.23. The van der Waals surface area contributed by atoms with Crippen LogP contribution in [0.25, 0.3) is 0 Å². The summed E-state index contributed by atoms with van der Waals surface area (Å²) in [7, 11) is 3.30. The van der Waals surface area contributed by atoms with Crippen molar-refractivity contribution in [1.29, 1.82) is 0 Å². The normalized spacial score (nSPS) is 14.1. The zero-order chi connectivity index (χ0) is 16.9. The van der Waals surface area contributed by atoms with Gasteiger partial charge in [-0.25, -0.2) is 4.79 Å². The Morgan fingerprint density at radius 1 is 1.36 bits per heavy atom. The van der Waals surface area contributed by atoms with E-state index in [4.69, 9.17) is 4.74 Å². The van der Waals surface area contributed by atoms with E-state index in [-0.39, 0.29) is 30.1 Å². The summed E-state index contributed by atoms with van der Waals surface area (Å²) in [5.41, 5.74) is 0.754. The molecule has 0 spiro atoms. The lowest BCUT2D eigenvalue weighted by atomic mass is 9.82. The van der Waals surface area contributed by atoms with Gasteiger partial charge in [-0.3, -0.25) is 0 Å². The molecule has 0 saturated heterocycles. The third-order valence-electron chi connectivity index (χ3n) is 3.83. The van der Waals surface area contributed by atoms with Gasteiger partial charge in [0.05, 0.1) is 25.8 Å². The molecule has 0 aliphatic carbocycles.